The van der Waals surface area contributed by atoms with Crippen LogP contribution in [0.15, 0.2) is 42.5 Å². The van der Waals surface area contributed by atoms with Crippen molar-refractivity contribution in [3.05, 3.63) is 59.5 Å². The maximum atomic E-state index is 4.72. The number of H-pyrrole nitrogens is 1. The largest absolute Gasteiger partial charge is 0.338 e. The summed E-state index contributed by atoms with van der Waals surface area (Å²) in [4.78, 5) is 8.15. The molecule has 1 aliphatic rings. The van der Waals surface area contributed by atoms with Crippen LogP contribution in [0.2, 0.25) is 0 Å². The van der Waals surface area contributed by atoms with Crippen LogP contribution in [0.3, 0.4) is 0 Å². The first-order valence-corrected chi connectivity index (χ1v) is 6.81. The van der Waals surface area contributed by atoms with Crippen LogP contribution in [-0.4, -0.2) is 9.97 Å². The molecule has 2 nitrogen and oxygen atoms in total. The lowest BCUT2D eigenvalue weighted by molar-refractivity contribution is 1.11. The molecule has 0 fully saturated rings. The quantitative estimate of drug-likeness (QED) is 0.844. The Morgan fingerprint density at radius 1 is 1.26 bits per heavy atom. The van der Waals surface area contributed by atoms with E-state index in [2.05, 4.69) is 61.3 Å². The molecular formula is C17H18N2. The van der Waals surface area contributed by atoms with E-state index in [0.717, 1.165) is 35.3 Å². The van der Waals surface area contributed by atoms with Gasteiger partial charge in [0.1, 0.15) is 5.82 Å². The first kappa shape index (κ1) is 12.0. The maximum absolute atomic E-state index is 4.72. The number of fused-ring (bicyclic) bond motifs is 1. The molecule has 1 heterocycles. The van der Waals surface area contributed by atoms with Crippen LogP contribution in [0.1, 0.15) is 30.3 Å². The number of hydrogen-bond donors (Lipinski definition) is 1. The highest BCUT2D eigenvalue weighted by Gasteiger charge is 2.08. The minimum absolute atomic E-state index is 0.957. The zero-order valence-corrected chi connectivity index (χ0v) is 11.4. The summed E-state index contributed by atoms with van der Waals surface area (Å²) < 4.78 is 0. The Hall–Kier alpha value is -2.09. The van der Waals surface area contributed by atoms with Crippen LogP contribution >= 0.6 is 0 Å². The molecule has 0 aliphatic heterocycles. The van der Waals surface area contributed by atoms with Gasteiger partial charge in [-0.15, -0.1) is 0 Å². The van der Waals surface area contributed by atoms with Gasteiger partial charge in [-0.3, -0.25) is 0 Å². The van der Waals surface area contributed by atoms with Gasteiger partial charge in [0.2, 0.25) is 0 Å². The molecule has 2 heteroatoms. The number of benzene rings is 1. The van der Waals surface area contributed by atoms with Gasteiger partial charge in [0, 0.05) is 5.57 Å². The highest BCUT2D eigenvalue weighted by Crippen LogP contribution is 2.23. The SMILES string of the molecule is CCc1cc2nc(C3=CCC=CC=C3)[nH]c2cc1C. The highest BCUT2D eigenvalue weighted by atomic mass is 14.9. The van der Waals surface area contributed by atoms with Crippen molar-refractivity contribution < 1.29 is 0 Å². The van der Waals surface area contributed by atoms with Crippen molar-refractivity contribution in [1.29, 1.82) is 0 Å². The minimum Gasteiger partial charge on any atom is -0.338 e. The van der Waals surface area contributed by atoms with Gasteiger partial charge in [0.15, 0.2) is 0 Å². The van der Waals surface area contributed by atoms with Crippen LogP contribution in [0.5, 0.6) is 0 Å². The van der Waals surface area contributed by atoms with Crippen LogP contribution in [0.25, 0.3) is 16.6 Å². The number of allylic oxidation sites excluding steroid dienone is 6. The number of aromatic nitrogens is 2. The lowest BCUT2D eigenvalue weighted by Crippen LogP contribution is -1.85. The monoisotopic (exact) mass is 250 g/mol. The molecule has 1 aromatic carbocycles. The zero-order valence-electron chi connectivity index (χ0n) is 11.4. The number of aryl methyl sites for hydroxylation is 2. The van der Waals surface area contributed by atoms with Crippen molar-refractivity contribution in [2.75, 3.05) is 0 Å². The Morgan fingerprint density at radius 3 is 3.00 bits per heavy atom. The summed E-state index contributed by atoms with van der Waals surface area (Å²) >= 11 is 0. The van der Waals surface area contributed by atoms with E-state index in [4.69, 9.17) is 4.98 Å². The summed E-state index contributed by atoms with van der Waals surface area (Å²) in [6.07, 6.45) is 12.6. The standard InChI is InChI=1S/C17H18N2/c1-3-13-11-16-15(10-12(13)2)18-17(19-16)14-8-6-4-5-7-9-14/h4-6,8-11H,3,7H2,1-2H3,(H,18,19). The summed E-state index contributed by atoms with van der Waals surface area (Å²) in [5, 5.41) is 0. The number of nitrogens with zero attached hydrogens (tertiary/aromatic N) is 1. The van der Waals surface area contributed by atoms with Crippen LogP contribution in [-0.2, 0) is 6.42 Å². The molecule has 2 aromatic rings. The van der Waals surface area contributed by atoms with Crippen molar-refractivity contribution in [2.45, 2.75) is 26.7 Å². The fourth-order valence-electron chi connectivity index (χ4n) is 2.48. The first-order valence-electron chi connectivity index (χ1n) is 6.81. The van der Waals surface area contributed by atoms with Crippen molar-refractivity contribution in [3.8, 4) is 0 Å². The summed E-state index contributed by atoms with van der Waals surface area (Å²) in [5.41, 5.74) is 6.05. The molecule has 0 amide bonds. The Balaban J connectivity index is 2.09. The third-order valence-electron chi connectivity index (χ3n) is 3.59. The van der Waals surface area contributed by atoms with Crippen molar-refractivity contribution in [3.63, 3.8) is 0 Å². The number of hydrogen-bond acceptors (Lipinski definition) is 1. The van der Waals surface area contributed by atoms with Gasteiger partial charge in [-0.2, -0.15) is 0 Å². The molecule has 19 heavy (non-hydrogen) atoms. The highest BCUT2D eigenvalue weighted by molar-refractivity contribution is 5.82. The van der Waals surface area contributed by atoms with Gasteiger partial charge in [-0.05, 0) is 43.0 Å². The molecule has 0 atom stereocenters. The predicted molar refractivity (Wildman–Crippen MR) is 81.1 cm³/mol. The second kappa shape index (κ2) is 4.88. The smallest absolute Gasteiger partial charge is 0.138 e. The van der Waals surface area contributed by atoms with Crippen LogP contribution in [0, 0.1) is 6.92 Å². The van der Waals surface area contributed by atoms with E-state index in [1.54, 1.807) is 0 Å². The van der Waals surface area contributed by atoms with E-state index in [-0.39, 0.29) is 0 Å². The second-order valence-corrected chi connectivity index (χ2v) is 4.92. The van der Waals surface area contributed by atoms with E-state index in [0.29, 0.717) is 0 Å². The van der Waals surface area contributed by atoms with Crippen molar-refractivity contribution in [1.82, 2.24) is 9.97 Å². The Bertz CT molecular complexity index is 699. The van der Waals surface area contributed by atoms with Gasteiger partial charge in [-0.25, -0.2) is 4.98 Å². The minimum atomic E-state index is 0.957. The molecule has 0 saturated carbocycles. The third-order valence-corrected chi connectivity index (χ3v) is 3.59. The average Bonchev–Trinajstić information content (AvgIpc) is 2.64. The summed E-state index contributed by atoms with van der Waals surface area (Å²) in [5.74, 6) is 0.961. The number of rotatable bonds is 2. The molecule has 1 aromatic heterocycles. The molecule has 96 valence electrons. The topological polar surface area (TPSA) is 28.7 Å². The molecule has 1 N–H and O–H groups in total. The number of aromatic amines is 1. The molecule has 0 unspecified atom stereocenters. The van der Waals surface area contributed by atoms with E-state index >= 15 is 0 Å². The van der Waals surface area contributed by atoms with Gasteiger partial charge in [0.05, 0.1) is 11.0 Å². The normalized spacial score (nSPS) is 14.7. The Kier molecular flexibility index (Phi) is 3.08. The molecule has 0 bridgehead atoms. The van der Waals surface area contributed by atoms with Gasteiger partial charge in [-0.1, -0.05) is 37.3 Å². The molecular weight excluding hydrogens is 232 g/mol. The van der Waals surface area contributed by atoms with E-state index in [1.165, 1.54) is 11.1 Å². The van der Waals surface area contributed by atoms with Gasteiger partial charge in [0.25, 0.3) is 0 Å². The average molecular weight is 250 g/mol. The molecule has 3 rings (SSSR count). The third kappa shape index (κ3) is 2.26. The lowest BCUT2D eigenvalue weighted by atomic mass is 10.1. The van der Waals surface area contributed by atoms with Crippen LogP contribution in [0.4, 0.5) is 0 Å². The van der Waals surface area contributed by atoms with Crippen LogP contribution < -0.4 is 0 Å². The van der Waals surface area contributed by atoms with Crippen molar-refractivity contribution in [2.24, 2.45) is 0 Å². The van der Waals surface area contributed by atoms with E-state index < -0.39 is 0 Å². The lowest BCUT2D eigenvalue weighted by Gasteiger charge is -2.01. The molecule has 0 saturated heterocycles. The fraction of sp³-hybridized carbons (Fsp3) is 0.235. The van der Waals surface area contributed by atoms with Gasteiger partial charge < -0.3 is 4.98 Å². The summed E-state index contributed by atoms with van der Waals surface area (Å²) in [6, 6.07) is 4.40. The Labute approximate surface area is 113 Å². The summed E-state index contributed by atoms with van der Waals surface area (Å²) in [7, 11) is 0. The molecule has 0 spiro atoms. The zero-order chi connectivity index (χ0) is 13.2. The molecule has 0 radical (unpaired) electrons. The number of imidazole rings is 1. The number of nitrogens with one attached hydrogen (secondary N) is 1. The van der Waals surface area contributed by atoms with Gasteiger partial charge >= 0.3 is 0 Å². The fourth-order valence-corrected chi connectivity index (χ4v) is 2.48. The van der Waals surface area contributed by atoms with E-state index in [1.807, 2.05) is 0 Å². The molecule has 1 aliphatic carbocycles. The van der Waals surface area contributed by atoms with Crippen molar-refractivity contribution >= 4 is 16.6 Å². The second-order valence-electron chi connectivity index (χ2n) is 4.92. The van der Waals surface area contributed by atoms with E-state index in [9.17, 15) is 0 Å². The Morgan fingerprint density at radius 2 is 2.16 bits per heavy atom. The first-order chi connectivity index (χ1) is 9.28. The predicted octanol–water partition coefficient (Wildman–Crippen LogP) is 4.33. The maximum Gasteiger partial charge on any atom is 0.138 e. The summed E-state index contributed by atoms with van der Waals surface area (Å²) in [6.45, 7) is 4.34.